The molecule has 0 fully saturated rings. The third kappa shape index (κ3) is 3.01. The number of hydrogen-bond acceptors (Lipinski definition) is 5. The number of pyridine rings is 1. The average molecular weight is 297 g/mol. The topological polar surface area (TPSA) is 57.1 Å². The molecule has 0 aliphatic carbocycles. The van der Waals surface area contributed by atoms with Gasteiger partial charge in [-0.15, -0.1) is 0 Å². The lowest BCUT2D eigenvalue weighted by Gasteiger charge is -2.10. The Morgan fingerprint density at radius 2 is 1.82 bits per heavy atom. The van der Waals surface area contributed by atoms with Gasteiger partial charge < -0.3 is 9.47 Å². The summed E-state index contributed by atoms with van der Waals surface area (Å²) in [6.07, 6.45) is 3.17. The van der Waals surface area contributed by atoms with Gasteiger partial charge in [0.15, 0.2) is 11.6 Å². The smallest absolute Gasteiger partial charge is 0.266 e. The minimum Gasteiger partial charge on any atom is -0.490 e. The zero-order valence-corrected chi connectivity index (χ0v) is 11.7. The molecule has 0 atom stereocenters. The lowest BCUT2D eigenvalue weighted by molar-refractivity contribution is 0.367. The molecule has 3 rings (SSSR count). The summed E-state index contributed by atoms with van der Waals surface area (Å²) in [6.45, 7) is 0. The van der Waals surface area contributed by atoms with Gasteiger partial charge in [0.05, 0.1) is 13.3 Å². The van der Waals surface area contributed by atoms with Crippen molar-refractivity contribution in [2.45, 2.75) is 0 Å². The van der Waals surface area contributed by atoms with E-state index in [0.29, 0.717) is 23.0 Å². The molecule has 0 aliphatic rings. The molecule has 2 aromatic heterocycles. The first-order valence-electron chi connectivity index (χ1n) is 6.52. The van der Waals surface area contributed by atoms with E-state index in [9.17, 15) is 4.39 Å². The van der Waals surface area contributed by atoms with Gasteiger partial charge in [0.25, 0.3) is 5.88 Å². The van der Waals surface area contributed by atoms with Gasteiger partial charge in [-0.1, -0.05) is 6.07 Å². The summed E-state index contributed by atoms with van der Waals surface area (Å²) in [6, 6.07) is 11.1. The number of aromatic nitrogens is 3. The fraction of sp³-hybridized carbons (Fsp3) is 0.0625. The predicted octanol–water partition coefficient (Wildman–Crippen LogP) is 3.48. The number of hydrogen-bond donors (Lipinski definition) is 0. The van der Waals surface area contributed by atoms with Crippen LogP contribution in [0.25, 0.3) is 11.5 Å². The average Bonchev–Trinajstić information content (AvgIpc) is 2.58. The highest BCUT2D eigenvalue weighted by atomic mass is 19.1. The highest BCUT2D eigenvalue weighted by molar-refractivity contribution is 5.51. The predicted molar refractivity (Wildman–Crippen MR) is 78.3 cm³/mol. The maximum Gasteiger partial charge on any atom is 0.266 e. The van der Waals surface area contributed by atoms with Crippen LogP contribution >= 0.6 is 0 Å². The van der Waals surface area contributed by atoms with Crippen LogP contribution in [0.3, 0.4) is 0 Å². The Morgan fingerprint density at radius 3 is 2.50 bits per heavy atom. The third-order valence-electron chi connectivity index (χ3n) is 2.86. The zero-order chi connectivity index (χ0) is 15.4. The summed E-state index contributed by atoms with van der Waals surface area (Å²) in [5.41, 5.74) is 0.620. The van der Waals surface area contributed by atoms with Crippen molar-refractivity contribution in [2.75, 3.05) is 7.11 Å². The molecular weight excluding hydrogens is 285 g/mol. The molecule has 0 unspecified atom stereocenters. The van der Waals surface area contributed by atoms with E-state index in [1.807, 2.05) is 12.1 Å². The van der Waals surface area contributed by atoms with E-state index in [1.165, 1.54) is 37.6 Å². The van der Waals surface area contributed by atoms with Crippen LogP contribution in [0.4, 0.5) is 4.39 Å². The number of halogens is 1. The zero-order valence-electron chi connectivity index (χ0n) is 11.7. The van der Waals surface area contributed by atoms with Crippen LogP contribution in [-0.4, -0.2) is 22.1 Å². The summed E-state index contributed by atoms with van der Waals surface area (Å²) >= 11 is 0. The first-order chi connectivity index (χ1) is 10.8. The van der Waals surface area contributed by atoms with Crippen molar-refractivity contribution in [3.05, 3.63) is 60.7 Å². The monoisotopic (exact) mass is 297 g/mol. The van der Waals surface area contributed by atoms with Crippen molar-refractivity contribution in [1.82, 2.24) is 15.0 Å². The van der Waals surface area contributed by atoms with Gasteiger partial charge in [-0.25, -0.2) is 9.37 Å². The van der Waals surface area contributed by atoms with E-state index in [0.717, 1.165) is 0 Å². The lowest BCUT2D eigenvalue weighted by atomic mass is 10.3. The molecule has 3 aromatic rings. The van der Waals surface area contributed by atoms with E-state index in [-0.39, 0.29) is 11.7 Å². The fourth-order valence-electron chi connectivity index (χ4n) is 1.80. The van der Waals surface area contributed by atoms with Gasteiger partial charge in [0, 0.05) is 6.20 Å². The van der Waals surface area contributed by atoms with Gasteiger partial charge in [-0.3, -0.25) is 4.98 Å². The van der Waals surface area contributed by atoms with Crippen molar-refractivity contribution < 1.29 is 13.9 Å². The number of ether oxygens (including phenoxy) is 2. The summed E-state index contributed by atoms with van der Waals surface area (Å²) in [7, 11) is 1.50. The van der Waals surface area contributed by atoms with Crippen molar-refractivity contribution in [3.63, 3.8) is 0 Å². The van der Waals surface area contributed by atoms with Crippen molar-refractivity contribution in [3.8, 4) is 28.9 Å². The van der Waals surface area contributed by atoms with Gasteiger partial charge in [-0.2, -0.15) is 4.98 Å². The molecule has 0 saturated heterocycles. The molecule has 5 nitrogen and oxygen atoms in total. The van der Waals surface area contributed by atoms with Gasteiger partial charge >= 0.3 is 0 Å². The molecule has 0 aliphatic heterocycles. The Balaban J connectivity index is 1.96. The number of rotatable bonds is 4. The minimum atomic E-state index is -0.337. The molecular formula is C16H12FN3O2. The largest absolute Gasteiger partial charge is 0.490 e. The second kappa shape index (κ2) is 6.17. The summed E-state index contributed by atoms with van der Waals surface area (Å²) in [5, 5.41) is 0. The normalized spacial score (nSPS) is 10.3. The first-order valence-corrected chi connectivity index (χ1v) is 6.52. The first kappa shape index (κ1) is 13.9. The number of methoxy groups -OCH3 is 1. The van der Waals surface area contributed by atoms with Crippen LogP contribution in [-0.2, 0) is 0 Å². The third-order valence-corrected chi connectivity index (χ3v) is 2.86. The van der Waals surface area contributed by atoms with E-state index in [4.69, 9.17) is 9.47 Å². The second-order valence-electron chi connectivity index (χ2n) is 4.34. The van der Waals surface area contributed by atoms with Crippen LogP contribution in [0, 0.1) is 5.82 Å². The fourth-order valence-corrected chi connectivity index (χ4v) is 1.80. The molecule has 0 radical (unpaired) electrons. The Kier molecular flexibility index (Phi) is 3.91. The quantitative estimate of drug-likeness (QED) is 0.738. The molecule has 0 saturated carbocycles. The van der Waals surface area contributed by atoms with E-state index in [1.54, 1.807) is 12.3 Å². The van der Waals surface area contributed by atoms with Gasteiger partial charge in [0.2, 0.25) is 0 Å². The molecule has 0 N–H and O–H groups in total. The van der Waals surface area contributed by atoms with Gasteiger partial charge in [0.1, 0.15) is 17.3 Å². The van der Waals surface area contributed by atoms with Crippen molar-refractivity contribution in [1.29, 1.82) is 0 Å². The van der Waals surface area contributed by atoms with Crippen molar-refractivity contribution in [2.24, 2.45) is 0 Å². The molecule has 0 bridgehead atoms. The summed E-state index contributed by atoms with van der Waals surface area (Å²) in [5.74, 6) is 1.15. The molecule has 1 aromatic carbocycles. The summed E-state index contributed by atoms with van der Waals surface area (Å²) < 4.78 is 23.8. The second-order valence-corrected chi connectivity index (χ2v) is 4.34. The van der Waals surface area contributed by atoms with Crippen molar-refractivity contribution >= 4 is 0 Å². The summed E-state index contributed by atoms with van der Waals surface area (Å²) in [4.78, 5) is 12.7. The Morgan fingerprint density at radius 1 is 1.00 bits per heavy atom. The maximum atomic E-state index is 12.9. The van der Waals surface area contributed by atoms with Crippen LogP contribution in [0.15, 0.2) is 54.9 Å². The maximum absolute atomic E-state index is 12.9. The van der Waals surface area contributed by atoms with Gasteiger partial charge in [-0.05, 0) is 36.4 Å². The molecule has 6 heteroatoms. The van der Waals surface area contributed by atoms with E-state index < -0.39 is 0 Å². The van der Waals surface area contributed by atoms with Crippen LogP contribution < -0.4 is 9.47 Å². The highest BCUT2D eigenvalue weighted by Crippen LogP contribution is 2.30. The standard InChI is InChI=1S/C16H12FN3O2/c1-21-14-10-19-15(13-4-2-3-9-18-13)20-16(14)22-12-7-5-11(17)6-8-12/h2-10H,1H3. The number of nitrogens with zero attached hydrogens (tertiary/aromatic N) is 3. The van der Waals surface area contributed by atoms with Crippen LogP contribution in [0.2, 0.25) is 0 Å². The highest BCUT2D eigenvalue weighted by Gasteiger charge is 2.12. The van der Waals surface area contributed by atoms with Crippen LogP contribution in [0.1, 0.15) is 0 Å². The Hall–Kier alpha value is -3.02. The minimum absolute atomic E-state index is 0.241. The van der Waals surface area contributed by atoms with E-state index >= 15 is 0 Å². The van der Waals surface area contributed by atoms with E-state index in [2.05, 4.69) is 15.0 Å². The molecule has 0 spiro atoms. The van der Waals surface area contributed by atoms with Crippen LogP contribution in [0.5, 0.6) is 17.4 Å². The number of benzene rings is 1. The SMILES string of the molecule is COc1cnc(-c2ccccn2)nc1Oc1ccc(F)cc1. The lowest BCUT2D eigenvalue weighted by Crippen LogP contribution is -1.98. The molecule has 110 valence electrons. The Labute approximate surface area is 126 Å². The molecule has 0 amide bonds. The molecule has 22 heavy (non-hydrogen) atoms. The molecule has 2 heterocycles. The Bertz CT molecular complexity index is 764.